The lowest BCUT2D eigenvalue weighted by Crippen LogP contribution is -2.31. The van der Waals surface area contributed by atoms with Crippen molar-refractivity contribution in [2.75, 3.05) is 23.0 Å². The van der Waals surface area contributed by atoms with E-state index in [0.29, 0.717) is 22.5 Å². The monoisotopic (exact) mass is 354 g/mol. The number of benzene rings is 1. The average Bonchev–Trinajstić information content (AvgIpc) is 3.08. The maximum atomic E-state index is 11.9. The van der Waals surface area contributed by atoms with E-state index >= 15 is 0 Å². The van der Waals surface area contributed by atoms with E-state index < -0.39 is 5.91 Å². The zero-order chi connectivity index (χ0) is 17.6. The number of aromatic amines is 1. The van der Waals surface area contributed by atoms with E-state index in [9.17, 15) is 9.59 Å². The summed E-state index contributed by atoms with van der Waals surface area (Å²) in [5, 5.41) is 11.8. The minimum Gasteiger partial charge on any atom is -0.364 e. The molecule has 0 unspecified atom stereocenters. The predicted molar refractivity (Wildman–Crippen MR) is 96.3 cm³/mol. The molecule has 126 valence electrons. The fourth-order valence-corrected chi connectivity index (χ4v) is 3.70. The molecule has 3 aromatic rings. The van der Waals surface area contributed by atoms with Gasteiger partial charge in [-0.2, -0.15) is 0 Å². The highest BCUT2D eigenvalue weighted by molar-refractivity contribution is 8.00. The van der Waals surface area contributed by atoms with Crippen molar-refractivity contribution in [3.8, 4) is 0 Å². The van der Waals surface area contributed by atoms with E-state index in [2.05, 4.69) is 20.5 Å². The number of hydrogen-bond acceptors (Lipinski definition) is 6. The minimum absolute atomic E-state index is 0.0473. The molecule has 2 aromatic heterocycles. The quantitative estimate of drug-likeness (QED) is 0.661. The molecule has 25 heavy (non-hydrogen) atoms. The molecule has 1 aliphatic heterocycles. The van der Waals surface area contributed by atoms with Crippen molar-refractivity contribution >= 4 is 51.7 Å². The number of nitrogens with two attached hydrogens (primary N) is 1. The van der Waals surface area contributed by atoms with Gasteiger partial charge in [-0.1, -0.05) is 0 Å². The Bertz CT molecular complexity index is 1020. The second kappa shape index (κ2) is 5.78. The molecule has 8 nitrogen and oxygen atoms in total. The lowest BCUT2D eigenvalue weighted by atomic mass is 10.2. The molecule has 0 bridgehead atoms. The maximum Gasteiger partial charge on any atom is 0.271 e. The number of nitrogens with one attached hydrogen (secondary N) is 2. The van der Waals surface area contributed by atoms with Gasteiger partial charge in [0.25, 0.3) is 5.91 Å². The van der Waals surface area contributed by atoms with Crippen LogP contribution in [-0.4, -0.2) is 39.8 Å². The number of rotatable bonds is 3. The smallest absolute Gasteiger partial charge is 0.271 e. The first-order chi connectivity index (χ1) is 12.0. The van der Waals surface area contributed by atoms with Crippen LogP contribution in [0.1, 0.15) is 10.5 Å². The Morgan fingerprint density at radius 1 is 1.36 bits per heavy atom. The Morgan fingerprint density at radius 2 is 2.20 bits per heavy atom. The molecule has 0 fully saturated rings. The molecule has 0 spiro atoms. The number of amides is 2. The van der Waals surface area contributed by atoms with Crippen molar-refractivity contribution < 1.29 is 9.59 Å². The van der Waals surface area contributed by atoms with E-state index in [0.717, 1.165) is 16.3 Å². The van der Waals surface area contributed by atoms with Crippen molar-refractivity contribution in [1.82, 2.24) is 15.2 Å². The van der Waals surface area contributed by atoms with Gasteiger partial charge in [-0.15, -0.1) is 22.0 Å². The van der Waals surface area contributed by atoms with Crippen LogP contribution < -0.4 is 16.0 Å². The van der Waals surface area contributed by atoms with Gasteiger partial charge in [0.2, 0.25) is 5.91 Å². The molecule has 2 amide bonds. The molecular weight excluding hydrogens is 340 g/mol. The normalized spacial score (nSPS) is 13.8. The summed E-state index contributed by atoms with van der Waals surface area (Å²) < 4.78 is 0. The van der Waals surface area contributed by atoms with E-state index in [1.54, 1.807) is 24.2 Å². The SMILES string of the molecule is CN1C(=O)CSc2ccc(Nc3c(C(N)=O)nnc4[nH]ccc34)cc21. The highest BCUT2D eigenvalue weighted by Gasteiger charge is 2.22. The number of nitrogens with zero attached hydrogens (tertiary/aromatic N) is 3. The molecule has 1 aromatic carbocycles. The van der Waals surface area contributed by atoms with Crippen molar-refractivity contribution in [2.45, 2.75) is 4.90 Å². The Morgan fingerprint density at radius 3 is 3.00 bits per heavy atom. The van der Waals surface area contributed by atoms with Crippen LogP contribution in [0.4, 0.5) is 17.1 Å². The van der Waals surface area contributed by atoms with Crippen LogP contribution >= 0.6 is 11.8 Å². The van der Waals surface area contributed by atoms with Gasteiger partial charge >= 0.3 is 0 Å². The van der Waals surface area contributed by atoms with Crippen molar-refractivity contribution in [2.24, 2.45) is 5.73 Å². The Hall–Kier alpha value is -3.07. The van der Waals surface area contributed by atoms with Crippen molar-refractivity contribution in [3.63, 3.8) is 0 Å². The second-order valence-electron chi connectivity index (χ2n) is 5.58. The number of carbonyl (C=O) groups is 2. The van der Waals surface area contributed by atoms with Crippen LogP contribution in [0.2, 0.25) is 0 Å². The third-order valence-corrected chi connectivity index (χ3v) is 5.08. The fourth-order valence-electron chi connectivity index (χ4n) is 2.72. The first-order valence-corrected chi connectivity index (χ1v) is 8.47. The predicted octanol–water partition coefficient (Wildman–Crippen LogP) is 1.87. The molecule has 0 radical (unpaired) electrons. The summed E-state index contributed by atoms with van der Waals surface area (Å²) in [5.74, 6) is -0.189. The van der Waals surface area contributed by atoms with Gasteiger partial charge < -0.3 is 20.9 Å². The summed E-state index contributed by atoms with van der Waals surface area (Å²) in [5.41, 5.74) is 8.06. The number of primary amides is 1. The van der Waals surface area contributed by atoms with Crippen LogP contribution in [-0.2, 0) is 4.79 Å². The highest BCUT2D eigenvalue weighted by atomic mass is 32.2. The van der Waals surface area contributed by atoms with E-state index in [4.69, 9.17) is 5.73 Å². The van der Waals surface area contributed by atoms with Gasteiger partial charge in [-0.05, 0) is 24.3 Å². The molecule has 4 N–H and O–H groups in total. The summed E-state index contributed by atoms with van der Waals surface area (Å²) in [6, 6.07) is 7.49. The Balaban J connectivity index is 1.80. The highest BCUT2D eigenvalue weighted by Crippen LogP contribution is 2.37. The van der Waals surface area contributed by atoms with Crippen LogP contribution in [0.15, 0.2) is 35.4 Å². The molecular formula is C16H14N6O2S. The van der Waals surface area contributed by atoms with Gasteiger partial charge in [0.1, 0.15) is 0 Å². The first kappa shape index (κ1) is 15.5. The summed E-state index contributed by atoms with van der Waals surface area (Å²) in [4.78, 5) is 29.2. The number of anilines is 3. The molecule has 4 rings (SSSR count). The Labute approximate surface area is 146 Å². The fraction of sp³-hybridized carbons (Fsp3) is 0.125. The molecule has 3 heterocycles. The number of fused-ring (bicyclic) bond motifs is 2. The number of thioether (sulfide) groups is 1. The van der Waals surface area contributed by atoms with Crippen LogP contribution in [0.3, 0.4) is 0 Å². The molecule has 9 heteroatoms. The lowest BCUT2D eigenvalue weighted by molar-refractivity contribution is -0.116. The zero-order valence-corrected chi connectivity index (χ0v) is 14.1. The minimum atomic E-state index is -0.668. The van der Waals surface area contributed by atoms with Crippen LogP contribution in [0.25, 0.3) is 11.0 Å². The second-order valence-corrected chi connectivity index (χ2v) is 6.59. The topological polar surface area (TPSA) is 117 Å². The van der Waals surface area contributed by atoms with E-state index in [1.165, 1.54) is 11.8 Å². The van der Waals surface area contributed by atoms with Crippen molar-refractivity contribution in [3.05, 3.63) is 36.2 Å². The van der Waals surface area contributed by atoms with Crippen LogP contribution in [0, 0.1) is 0 Å². The maximum absolute atomic E-state index is 11.9. The molecule has 0 saturated carbocycles. The van der Waals surface area contributed by atoms with Crippen LogP contribution in [0.5, 0.6) is 0 Å². The molecule has 0 atom stereocenters. The third-order valence-electron chi connectivity index (χ3n) is 4.03. The standard InChI is InChI=1S/C16H14N6O2S/c1-22-10-6-8(2-3-11(10)25-7-12(22)23)19-13-9-4-5-18-16(9)21-20-14(13)15(17)24/h2-6H,7H2,1H3,(H2,17,24)(H2,18,19,21). The van der Waals surface area contributed by atoms with Gasteiger partial charge in [0, 0.05) is 29.2 Å². The Kier molecular flexibility index (Phi) is 3.57. The summed E-state index contributed by atoms with van der Waals surface area (Å²) in [6.07, 6.45) is 1.71. The number of H-pyrrole nitrogens is 1. The number of aromatic nitrogens is 3. The third kappa shape index (κ3) is 2.58. The summed E-state index contributed by atoms with van der Waals surface area (Å²) in [6.45, 7) is 0. The largest absolute Gasteiger partial charge is 0.364 e. The van der Waals surface area contributed by atoms with Gasteiger partial charge in [0.15, 0.2) is 11.3 Å². The van der Waals surface area contributed by atoms with E-state index in [1.807, 2.05) is 18.2 Å². The summed E-state index contributed by atoms with van der Waals surface area (Å²) >= 11 is 1.51. The zero-order valence-electron chi connectivity index (χ0n) is 13.2. The van der Waals surface area contributed by atoms with Crippen molar-refractivity contribution in [1.29, 1.82) is 0 Å². The number of hydrogen-bond donors (Lipinski definition) is 3. The molecule has 0 aliphatic carbocycles. The van der Waals surface area contributed by atoms with Gasteiger partial charge in [0.05, 0.1) is 17.1 Å². The average molecular weight is 354 g/mol. The molecule has 1 aliphatic rings. The van der Waals surface area contributed by atoms with E-state index in [-0.39, 0.29) is 11.6 Å². The molecule has 0 saturated heterocycles. The van der Waals surface area contributed by atoms with Gasteiger partial charge in [-0.25, -0.2) is 0 Å². The summed E-state index contributed by atoms with van der Waals surface area (Å²) in [7, 11) is 1.75. The first-order valence-electron chi connectivity index (χ1n) is 7.48. The lowest BCUT2D eigenvalue weighted by Gasteiger charge is -2.26. The number of carbonyl (C=O) groups excluding carboxylic acids is 2. The van der Waals surface area contributed by atoms with Gasteiger partial charge in [-0.3, -0.25) is 9.59 Å².